The number of hydrogen-bond donors (Lipinski definition) is 0. The van der Waals surface area contributed by atoms with Crippen molar-refractivity contribution in [1.82, 2.24) is 4.90 Å². The van der Waals surface area contributed by atoms with Crippen molar-refractivity contribution >= 4 is 5.91 Å². The number of ether oxygens (including phenoxy) is 2. The first-order valence-electron chi connectivity index (χ1n) is 9.00. The molecule has 2 unspecified atom stereocenters. The van der Waals surface area contributed by atoms with E-state index in [0.717, 1.165) is 13.8 Å². The molecule has 0 aliphatic carbocycles. The zero-order valence-electron chi connectivity index (χ0n) is 17.4. The fourth-order valence-corrected chi connectivity index (χ4v) is 2.21. The zero-order chi connectivity index (χ0) is 29.4. The van der Waals surface area contributed by atoms with Crippen LogP contribution in [0.4, 0.5) is 74.6 Å². The summed E-state index contributed by atoms with van der Waals surface area (Å²) in [6.07, 6.45) is -39.0. The minimum Gasteiger partial charge on any atom is -0.337 e. The molecule has 0 saturated heterocycles. The number of halogens is 17. The molecule has 0 aromatic heterocycles. The van der Waals surface area contributed by atoms with E-state index in [1.807, 2.05) is 0 Å². The normalized spacial score (nSPS) is 18.0. The summed E-state index contributed by atoms with van der Waals surface area (Å²) in [6.45, 7) is 0.420. The summed E-state index contributed by atoms with van der Waals surface area (Å²) in [5, 5.41) is 0. The van der Waals surface area contributed by atoms with E-state index in [1.54, 1.807) is 0 Å². The van der Waals surface area contributed by atoms with E-state index in [1.165, 1.54) is 4.74 Å². The van der Waals surface area contributed by atoms with E-state index in [0.29, 0.717) is 0 Å². The lowest BCUT2D eigenvalue weighted by atomic mass is 10.2. The SMILES string of the molecule is CCCN(CCC)C(=O)C(F)(OC(F)(F)C(F)(OC(F)(F)C(F)(F)C(F)(F)F)C(F)(F)F)C(F)(F)F. The topological polar surface area (TPSA) is 38.8 Å². The molecular formula is C15H14F17NO3. The quantitative estimate of drug-likeness (QED) is 0.262. The molecule has 0 heterocycles. The molecule has 0 aliphatic heterocycles. The van der Waals surface area contributed by atoms with Crippen molar-refractivity contribution in [3.63, 3.8) is 0 Å². The fourth-order valence-electron chi connectivity index (χ4n) is 2.21. The minimum absolute atomic E-state index is 0.260. The van der Waals surface area contributed by atoms with Crippen LogP contribution in [0.3, 0.4) is 0 Å². The van der Waals surface area contributed by atoms with E-state index in [-0.39, 0.29) is 17.7 Å². The first kappa shape index (κ1) is 34.2. The Kier molecular flexibility index (Phi) is 9.65. The van der Waals surface area contributed by atoms with E-state index >= 15 is 0 Å². The van der Waals surface area contributed by atoms with Crippen molar-refractivity contribution in [2.45, 2.75) is 75.1 Å². The maximum absolute atomic E-state index is 14.5. The second-order valence-electron chi connectivity index (χ2n) is 6.79. The number of carbonyl (C=O) groups excluding carboxylic acids is 1. The third-order valence-electron chi connectivity index (χ3n) is 3.91. The molecule has 0 rings (SSSR count). The first-order chi connectivity index (χ1) is 15.6. The minimum atomic E-state index is -8.01. The average Bonchev–Trinajstić information content (AvgIpc) is 2.63. The van der Waals surface area contributed by atoms with E-state index in [4.69, 9.17) is 0 Å². The van der Waals surface area contributed by atoms with Gasteiger partial charge in [-0.05, 0) is 12.8 Å². The Morgan fingerprint density at radius 3 is 1.25 bits per heavy atom. The van der Waals surface area contributed by atoms with Crippen molar-refractivity contribution in [3.05, 3.63) is 0 Å². The number of nitrogens with zero attached hydrogens (tertiary/aromatic N) is 1. The summed E-state index contributed by atoms with van der Waals surface area (Å²) < 4.78 is 226. The second kappa shape index (κ2) is 10.2. The number of rotatable bonds is 11. The first-order valence-corrected chi connectivity index (χ1v) is 9.00. The number of alkyl halides is 17. The van der Waals surface area contributed by atoms with Crippen LogP contribution in [-0.2, 0) is 14.3 Å². The molecular weight excluding hydrogens is 565 g/mol. The molecule has 4 nitrogen and oxygen atoms in total. The summed E-state index contributed by atoms with van der Waals surface area (Å²) in [7, 11) is 0. The molecule has 0 aromatic carbocycles. The Morgan fingerprint density at radius 1 is 0.583 bits per heavy atom. The summed E-state index contributed by atoms with van der Waals surface area (Å²) >= 11 is 0. The lowest BCUT2D eigenvalue weighted by Crippen LogP contribution is -2.69. The Hall–Kier alpha value is -1.80. The molecule has 0 spiro atoms. The van der Waals surface area contributed by atoms with Gasteiger partial charge in [0.1, 0.15) is 0 Å². The number of hydrogen-bond acceptors (Lipinski definition) is 3. The van der Waals surface area contributed by atoms with Crippen molar-refractivity contribution in [1.29, 1.82) is 0 Å². The van der Waals surface area contributed by atoms with E-state index in [2.05, 4.69) is 4.74 Å². The largest absolute Gasteiger partial charge is 0.462 e. The smallest absolute Gasteiger partial charge is 0.337 e. The van der Waals surface area contributed by atoms with Crippen molar-refractivity contribution in [3.8, 4) is 0 Å². The Morgan fingerprint density at radius 2 is 0.972 bits per heavy atom. The zero-order valence-corrected chi connectivity index (χ0v) is 17.4. The molecule has 0 saturated carbocycles. The van der Waals surface area contributed by atoms with Crippen molar-refractivity contribution in [2.75, 3.05) is 13.1 Å². The van der Waals surface area contributed by atoms with Crippen LogP contribution in [-0.4, -0.2) is 72.3 Å². The standard InChI is InChI=1S/C15H14F17NO3/c1-3-5-33(6-4-2)7(34)8(16,11(20,21)22)35-15(31,32)10(19,13(26,27)28)36-14(29,30)9(17,18)12(23,24)25/h3-6H2,1-2H3. The van der Waals surface area contributed by atoms with Gasteiger partial charge in [0, 0.05) is 13.1 Å². The summed E-state index contributed by atoms with van der Waals surface area (Å²) in [4.78, 5) is 11.7. The molecule has 2 atom stereocenters. The Labute approximate surface area is 189 Å². The predicted octanol–water partition coefficient (Wildman–Crippen LogP) is 6.51. The fraction of sp³-hybridized carbons (Fsp3) is 0.933. The lowest BCUT2D eigenvalue weighted by Gasteiger charge is -2.41. The predicted molar refractivity (Wildman–Crippen MR) is 80.0 cm³/mol. The number of amides is 1. The molecule has 0 N–H and O–H groups in total. The van der Waals surface area contributed by atoms with Crippen molar-refractivity contribution < 1.29 is 88.9 Å². The molecule has 36 heavy (non-hydrogen) atoms. The Bertz CT molecular complexity index is 756. The van der Waals surface area contributed by atoms with E-state index < -0.39 is 67.4 Å². The van der Waals surface area contributed by atoms with Crippen LogP contribution < -0.4 is 0 Å². The van der Waals surface area contributed by atoms with Crippen LogP contribution in [0, 0.1) is 0 Å². The van der Waals surface area contributed by atoms with Gasteiger partial charge in [0.05, 0.1) is 0 Å². The van der Waals surface area contributed by atoms with Gasteiger partial charge < -0.3 is 4.90 Å². The maximum atomic E-state index is 14.5. The summed E-state index contributed by atoms with van der Waals surface area (Å²) in [5.74, 6) is -25.8. The van der Waals surface area contributed by atoms with Crippen LogP contribution >= 0.6 is 0 Å². The van der Waals surface area contributed by atoms with Crippen LogP contribution in [0.15, 0.2) is 0 Å². The van der Waals surface area contributed by atoms with E-state index in [9.17, 15) is 79.4 Å². The second-order valence-corrected chi connectivity index (χ2v) is 6.79. The van der Waals surface area contributed by atoms with Crippen LogP contribution in [0.1, 0.15) is 26.7 Å². The maximum Gasteiger partial charge on any atom is 0.462 e. The molecule has 21 heteroatoms. The van der Waals surface area contributed by atoms with Gasteiger partial charge in [-0.1, -0.05) is 13.8 Å². The highest BCUT2D eigenvalue weighted by Crippen LogP contribution is 2.56. The highest BCUT2D eigenvalue weighted by molar-refractivity contribution is 5.84. The molecule has 0 fully saturated rings. The van der Waals surface area contributed by atoms with Gasteiger partial charge in [0.2, 0.25) is 0 Å². The number of carbonyl (C=O) groups is 1. The van der Waals surface area contributed by atoms with Gasteiger partial charge in [0.15, 0.2) is 0 Å². The van der Waals surface area contributed by atoms with Gasteiger partial charge in [-0.15, -0.1) is 0 Å². The molecule has 0 aromatic rings. The van der Waals surface area contributed by atoms with Gasteiger partial charge in [0.25, 0.3) is 5.91 Å². The molecule has 0 radical (unpaired) electrons. The van der Waals surface area contributed by atoms with Gasteiger partial charge in [-0.25, -0.2) is 0 Å². The molecule has 216 valence electrons. The highest BCUT2D eigenvalue weighted by Gasteiger charge is 2.85. The molecule has 0 aliphatic rings. The average molecular weight is 579 g/mol. The third-order valence-corrected chi connectivity index (χ3v) is 3.91. The van der Waals surface area contributed by atoms with Crippen LogP contribution in [0.5, 0.6) is 0 Å². The van der Waals surface area contributed by atoms with Crippen LogP contribution in [0.2, 0.25) is 0 Å². The molecule has 1 amide bonds. The lowest BCUT2D eigenvalue weighted by molar-refractivity contribution is -0.548. The van der Waals surface area contributed by atoms with Crippen molar-refractivity contribution in [2.24, 2.45) is 0 Å². The monoisotopic (exact) mass is 579 g/mol. The third kappa shape index (κ3) is 6.18. The van der Waals surface area contributed by atoms with Gasteiger partial charge in [-0.2, -0.15) is 74.6 Å². The summed E-state index contributed by atoms with van der Waals surface area (Å²) in [5.41, 5.74) is 0. The van der Waals surface area contributed by atoms with Gasteiger partial charge >= 0.3 is 48.4 Å². The molecule has 0 bridgehead atoms. The van der Waals surface area contributed by atoms with Gasteiger partial charge in [-0.3, -0.25) is 14.3 Å². The Balaban J connectivity index is 6.88. The van der Waals surface area contributed by atoms with Crippen LogP contribution in [0.25, 0.3) is 0 Å². The highest BCUT2D eigenvalue weighted by atomic mass is 19.4. The summed E-state index contributed by atoms with van der Waals surface area (Å²) in [6, 6.07) is 0.